The number of esters is 1. The fraction of sp³-hybridized carbons (Fsp3) is 0.588. The minimum atomic E-state index is -0.482. The van der Waals surface area contributed by atoms with Crippen molar-refractivity contribution in [3.05, 3.63) is 35.6 Å². The average molecular weight is 310 g/mol. The van der Waals surface area contributed by atoms with Crippen LogP contribution in [-0.2, 0) is 14.2 Å². The summed E-state index contributed by atoms with van der Waals surface area (Å²) in [5.74, 6) is -0.868. The molecule has 1 aliphatic rings. The van der Waals surface area contributed by atoms with Crippen LogP contribution >= 0.6 is 0 Å². The van der Waals surface area contributed by atoms with Crippen molar-refractivity contribution in [2.75, 3.05) is 19.8 Å². The zero-order valence-corrected chi connectivity index (χ0v) is 13.5. The number of rotatable bonds is 4. The van der Waals surface area contributed by atoms with E-state index < -0.39 is 17.7 Å². The second-order valence-electron chi connectivity index (χ2n) is 7.19. The summed E-state index contributed by atoms with van der Waals surface area (Å²) in [6.45, 7) is 9.37. The lowest BCUT2D eigenvalue weighted by atomic mass is 9.90. The van der Waals surface area contributed by atoms with E-state index >= 15 is 0 Å². The lowest BCUT2D eigenvalue weighted by Gasteiger charge is -2.41. The summed E-state index contributed by atoms with van der Waals surface area (Å²) >= 11 is 0. The maximum atomic E-state index is 12.8. The highest BCUT2D eigenvalue weighted by Crippen LogP contribution is 2.32. The van der Waals surface area contributed by atoms with Crippen LogP contribution in [0.5, 0.6) is 0 Å². The fourth-order valence-corrected chi connectivity index (χ4v) is 2.13. The summed E-state index contributed by atoms with van der Waals surface area (Å²) < 4.78 is 29.7. The Hall–Kier alpha value is -1.46. The third kappa shape index (κ3) is 4.27. The maximum absolute atomic E-state index is 12.8. The van der Waals surface area contributed by atoms with Gasteiger partial charge >= 0.3 is 5.97 Å². The zero-order valence-electron chi connectivity index (χ0n) is 13.5. The number of halogens is 1. The van der Waals surface area contributed by atoms with Crippen molar-refractivity contribution in [2.45, 2.75) is 34.0 Å². The molecule has 1 heterocycles. The van der Waals surface area contributed by atoms with Gasteiger partial charge in [-0.25, -0.2) is 9.18 Å². The number of ether oxygens (including phenoxy) is 3. The Morgan fingerprint density at radius 1 is 1.27 bits per heavy atom. The number of carbonyl (C=O) groups is 1. The average Bonchev–Trinajstić information content (AvgIpc) is 2.45. The molecule has 0 radical (unpaired) electrons. The van der Waals surface area contributed by atoms with Crippen LogP contribution in [0.2, 0.25) is 0 Å². The molecule has 0 N–H and O–H groups in total. The molecule has 1 aromatic carbocycles. The molecular weight excluding hydrogens is 287 g/mol. The van der Waals surface area contributed by atoms with Crippen molar-refractivity contribution in [2.24, 2.45) is 10.8 Å². The predicted octanol–water partition coefficient (Wildman–Crippen LogP) is 3.41. The van der Waals surface area contributed by atoms with E-state index in [4.69, 9.17) is 14.2 Å². The Morgan fingerprint density at radius 2 is 1.82 bits per heavy atom. The Morgan fingerprint density at radius 3 is 2.36 bits per heavy atom. The van der Waals surface area contributed by atoms with E-state index in [2.05, 4.69) is 13.8 Å². The lowest BCUT2D eigenvalue weighted by Crippen LogP contribution is -2.46. The Labute approximate surface area is 130 Å². The van der Waals surface area contributed by atoms with Crippen LogP contribution in [0.4, 0.5) is 4.39 Å². The van der Waals surface area contributed by atoms with Gasteiger partial charge in [0.1, 0.15) is 12.4 Å². The third-order valence-corrected chi connectivity index (χ3v) is 3.54. The molecular formula is C17H23FO4. The largest absolute Gasteiger partial charge is 0.461 e. The maximum Gasteiger partial charge on any atom is 0.338 e. The highest BCUT2D eigenvalue weighted by atomic mass is 19.1. The van der Waals surface area contributed by atoms with E-state index in [9.17, 15) is 9.18 Å². The predicted molar refractivity (Wildman–Crippen MR) is 79.9 cm³/mol. The van der Waals surface area contributed by atoms with E-state index in [-0.39, 0.29) is 17.8 Å². The number of hydrogen-bond donors (Lipinski definition) is 0. The molecule has 4 nitrogen and oxygen atoms in total. The van der Waals surface area contributed by atoms with Crippen molar-refractivity contribution in [1.82, 2.24) is 0 Å². The SMILES string of the molecule is CC1(C)COC(C(C)(C)COC(=O)c2ccc(F)cc2)OC1. The summed E-state index contributed by atoms with van der Waals surface area (Å²) in [7, 11) is 0. The molecule has 0 spiro atoms. The summed E-state index contributed by atoms with van der Waals surface area (Å²) in [5.41, 5.74) is -0.146. The number of benzene rings is 1. The standard InChI is InChI=1S/C17H23FO4/c1-16(2)9-21-15(22-10-16)17(3,4)11-20-14(19)12-5-7-13(18)8-6-12/h5-8,15H,9-11H2,1-4H3. The first-order chi connectivity index (χ1) is 10.2. The molecule has 0 saturated carbocycles. The molecule has 1 saturated heterocycles. The minimum absolute atomic E-state index is 0.00261. The third-order valence-electron chi connectivity index (χ3n) is 3.54. The Bertz CT molecular complexity index is 512. The Kier molecular flexibility index (Phi) is 4.87. The van der Waals surface area contributed by atoms with Gasteiger partial charge in [0, 0.05) is 10.8 Å². The molecule has 0 aromatic heterocycles. The molecule has 0 aliphatic carbocycles. The first-order valence-electron chi connectivity index (χ1n) is 7.36. The van der Waals surface area contributed by atoms with Crippen LogP contribution in [0.15, 0.2) is 24.3 Å². The molecule has 5 heteroatoms. The summed E-state index contributed by atoms with van der Waals surface area (Å²) in [6.07, 6.45) is -0.415. The van der Waals surface area contributed by atoms with Crippen LogP contribution < -0.4 is 0 Å². The van der Waals surface area contributed by atoms with Gasteiger partial charge in [-0.15, -0.1) is 0 Å². The summed E-state index contributed by atoms with van der Waals surface area (Å²) in [6, 6.07) is 5.27. The quantitative estimate of drug-likeness (QED) is 0.800. The van der Waals surface area contributed by atoms with Gasteiger partial charge in [0.05, 0.1) is 18.8 Å². The fourth-order valence-electron chi connectivity index (χ4n) is 2.13. The molecule has 0 bridgehead atoms. The first kappa shape index (κ1) is 16.9. The number of carbonyl (C=O) groups excluding carboxylic acids is 1. The van der Waals surface area contributed by atoms with E-state index in [1.54, 1.807) is 0 Å². The van der Waals surface area contributed by atoms with E-state index in [0.29, 0.717) is 18.8 Å². The van der Waals surface area contributed by atoms with Gasteiger partial charge in [-0.2, -0.15) is 0 Å². The van der Waals surface area contributed by atoms with Crippen molar-refractivity contribution >= 4 is 5.97 Å². The van der Waals surface area contributed by atoms with Gasteiger partial charge in [0.2, 0.25) is 0 Å². The normalized spacial score (nSPS) is 19.0. The first-order valence-corrected chi connectivity index (χ1v) is 7.36. The smallest absolute Gasteiger partial charge is 0.338 e. The molecule has 22 heavy (non-hydrogen) atoms. The highest BCUT2D eigenvalue weighted by molar-refractivity contribution is 5.89. The number of hydrogen-bond acceptors (Lipinski definition) is 4. The highest BCUT2D eigenvalue weighted by Gasteiger charge is 2.38. The lowest BCUT2D eigenvalue weighted by molar-refractivity contribution is -0.267. The van der Waals surface area contributed by atoms with E-state index in [1.165, 1.54) is 24.3 Å². The topological polar surface area (TPSA) is 44.8 Å². The van der Waals surface area contributed by atoms with Gasteiger partial charge in [-0.1, -0.05) is 27.7 Å². The van der Waals surface area contributed by atoms with Gasteiger partial charge in [-0.05, 0) is 24.3 Å². The summed E-state index contributed by atoms with van der Waals surface area (Å²) in [5, 5.41) is 0. The van der Waals surface area contributed by atoms with Crippen LogP contribution in [0, 0.1) is 16.6 Å². The minimum Gasteiger partial charge on any atom is -0.461 e. The van der Waals surface area contributed by atoms with E-state index in [0.717, 1.165) is 0 Å². The van der Waals surface area contributed by atoms with Crippen molar-refractivity contribution < 1.29 is 23.4 Å². The van der Waals surface area contributed by atoms with Crippen LogP contribution in [0.25, 0.3) is 0 Å². The van der Waals surface area contributed by atoms with Crippen LogP contribution in [-0.4, -0.2) is 32.1 Å². The zero-order chi connectivity index (χ0) is 16.4. The van der Waals surface area contributed by atoms with Gasteiger partial charge < -0.3 is 14.2 Å². The van der Waals surface area contributed by atoms with Gasteiger partial charge in [0.25, 0.3) is 0 Å². The molecule has 2 rings (SSSR count). The summed E-state index contributed by atoms with van der Waals surface area (Å²) in [4.78, 5) is 12.0. The van der Waals surface area contributed by atoms with Crippen molar-refractivity contribution in [3.63, 3.8) is 0 Å². The second kappa shape index (κ2) is 6.34. The molecule has 1 aliphatic heterocycles. The second-order valence-corrected chi connectivity index (χ2v) is 7.19. The van der Waals surface area contributed by atoms with Gasteiger partial charge in [-0.3, -0.25) is 0 Å². The molecule has 0 atom stereocenters. The van der Waals surface area contributed by atoms with Crippen molar-refractivity contribution in [1.29, 1.82) is 0 Å². The molecule has 122 valence electrons. The monoisotopic (exact) mass is 310 g/mol. The molecule has 1 aromatic rings. The van der Waals surface area contributed by atoms with E-state index in [1.807, 2.05) is 13.8 Å². The molecule has 0 unspecified atom stereocenters. The molecule has 1 fully saturated rings. The Balaban J connectivity index is 1.89. The van der Waals surface area contributed by atoms with Crippen LogP contribution in [0.3, 0.4) is 0 Å². The molecule has 0 amide bonds. The van der Waals surface area contributed by atoms with Crippen molar-refractivity contribution in [3.8, 4) is 0 Å². The van der Waals surface area contributed by atoms with Gasteiger partial charge in [0.15, 0.2) is 6.29 Å². The van der Waals surface area contributed by atoms with Crippen LogP contribution in [0.1, 0.15) is 38.1 Å².